The minimum absolute atomic E-state index is 0.0189. The molecular weight excluding hydrogens is 368 g/mol. The molecule has 0 aromatic heterocycles. The number of likely N-dealkylation sites (tertiary alicyclic amines) is 2. The molecule has 1 aromatic rings. The summed E-state index contributed by atoms with van der Waals surface area (Å²) in [6, 6.07) is 7.22. The highest BCUT2D eigenvalue weighted by Crippen LogP contribution is 2.26. The Morgan fingerprint density at radius 2 is 1.59 bits per heavy atom. The lowest BCUT2D eigenvalue weighted by molar-refractivity contribution is -0.137. The molecule has 0 spiro atoms. The van der Waals surface area contributed by atoms with Gasteiger partial charge in [-0.15, -0.1) is 0 Å². The zero-order valence-corrected chi connectivity index (χ0v) is 17.9. The highest BCUT2D eigenvalue weighted by molar-refractivity contribution is 5.98. The molecule has 29 heavy (non-hydrogen) atoms. The third-order valence-electron chi connectivity index (χ3n) is 5.68. The van der Waals surface area contributed by atoms with Crippen molar-refractivity contribution in [3.8, 4) is 0 Å². The number of amides is 2. The second kappa shape index (κ2) is 8.56. The van der Waals surface area contributed by atoms with Gasteiger partial charge in [-0.1, -0.05) is 29.8 Å². The highest BCUT2D eigenvalue weighted by atomic mass is 16.6. The maximum Gasteiger partial charge on any atom is 0.410 e. The predicted molar refractivity (Wildman–Crippen MR) is 111 cm³/mol. The first-order valence-corrected chi connectivity index (χ1v) is 10.5. The third kappa shape index (κ3) is 5.17. The zero-order valence-electron chi connectivity index (χ0n) is 17.9. The van der Waals surface area contributed by atoms with Crippen molar-refractivity contribution in [2.24, 2.45) is 5.92 Å². The average molecular weight is 401 g/mol. The number of aryl methyl sites for hydroxylation is 1. The second-order valence-corrected chi connectivity index (χ2v) is 9.16. The van der Waals surface area contributed by atoms with E-state index < -0.39 is 17.7 Å². The summed E-state index contributed by atoms with van der Waals surface area (Å²) in [5.74, 6) is 0.0928. The molecule has 2 fully saturated rings. The topological polar surface area (TPSA) is 66.9 Å². The number of benzene rings is 1. The van der Waals surface area contributed by atoms with E-state index in [1.54, 1.807) is 4.90 Å². The Morgan fingerprint density at radius 1 is 0.966 bits per heavy atom. The van der Waals surface area contributed by atoms with E-state index in [0.29, 0.717) is 38.9 Å². The first-order chi connectivity index (χ1) is 13.7. The van der Waals surface area contributed by atoms with E-state index in [0.717, 1.165) is 17.5 Å². The monoisotopic (exact) mass is 400 g/mol. The average Bonchev–Trinajstić information content (AvgIpc) is 3.16. The van der Waals surface area contributed by atoms with E-state index in [-0.39, 0.29) is 17.6 Å². The van der Waals surface area contributed by atoms with Crippen molar-refractivity contribution in [3.05, 3.63) is 35.4 Å². The van der Waals surface area contributed by atoms with Crippen LogP contribution in [-0.2, 0) is 9.53 Å². The van der Waals surface area contributed by atoms with Crippen molar-refractivity contribution in [1.29, 1.82) is 0 Å². The van der Waals surface area contributed by atoms with Crippen LogP contribution in [0.4, 0.5) is 4.79 Å². The molecule has 6 nitrogen and oxygen atoms in total. The standard InChI is InChI=1S/C23H32N2O4/c1-16-7-9-17(10-8-16)20(26)18-11-14-24(15-12-18)21(27)19-6-5-13-25(19)22(28)29-23(2,3)4/h7-10,18-19H,5-6,11-15H2,1-4H3. The van der Waals surface area contributed by atoms with E-state index >= 15 is 0 Å². The molecule has 2 aliphatic heterocycles. The molecule has 0 bridgehead atoms. The lowest BCUT2D eigenvalue weighted by atomic mass is 9.88. The molecule has 6 heteroatoms. The summed E-state index contributed by atoms with van der Waals surface area (Å²) in [6.07, 6.45) is 2.38. The van der Waals surface area contributed by atoms with Crippen molar-refractivity contribution in [2.75, 3.05) is 19.6 Å². The van der Waals surface area contributed by atoms with Crippen LogP contribution in [-0.4, -0.2) is 58.9 Å². The number of piperidine rings is 1. The number of rotatable bonds is 3. The fourth-order valence-corrected chi connectivity index (χ4v) is 4.09. The maximum absolute atomic E-state index is 13.1. The summed E-state index contributed by atoms with van der Waals surface area (Å²) in [5.41, 5.74) is 1.29. The molecular formula is C23H32N2O4. The van der Waals surface area contributed by atoms with Crippen LogP contribution >= 0.6 is 0 Å². The fourth-order valence-electron chi connectivity index (χ4n) is 4.09. The molecule has 0 N–H and O–H groups in total. The van der Waals surface area contributed by atoms with Crippen molar-refractivity contribution in [1.82, 2.24) is 9.80 Å². The molecule has 158 valence electrons. The summed E-state index contributed by atoms with van der Waals surface area (Å²) in [5, 5.41) is 0. The Kier molecular flexibility index (Phi) is 6.30. The number of carbonyl (C=O) groups is 3. The van der Waals surface area contributed by atoms with Gasteiger partial charge in [-0.3, -0.25) is 14.5 Å². The summed E-state index contributed by atoms with van der Waals surface area (Å²) >= 11 is 0. The van der Waals surface area contributed by atoms with Crippen molar-refractivity contribution in [2.45, 2.75) is 65.0 Å². The van der Waals surface area contributed by atoms with Crippen molar-refractivity contribution >= 4 is 17.8 Å². The van der Waals surface area contributed by atoms with Gasteiger partial charge >= 0.3 is 6.09 Å². The molecule has 0 saturated carbocycles. The Morgan fingerprint density at radius 3 is 2.17 bits per heavy atom. The Labute approximate surface area is 173 Å². The number of hydrogen-bond acceptors (Lipinski definition) is 4. The first kappa shape index (κ1) is 21.3. The summed E-state index contributed by atoms with van der Waals surface area (Å²) in [6.45, 7) is 9.14. The highest BCUT2D eigenvalue weighted by Gasteiger charge is 2.39. The lowest BCUT2D eigenvalue weighted by Crippen LogP contribution is -2.51. The number of ketones is 1. The minimum atomic E-state index is -0.581. The fraction of sp³-hybridized carbons (Fsp3) is 0.609. The van der Waals surface area contributed by atoms with E-state index in [2.05, 4.69) is 0 Å². The van der Waals surface area contributed by atoms with Gasteiger partial charge in [-0.05, 0) is 53.4 Å². The van der Waals surface area contributed by atoms with Crippen molar-refractivity contribution < 1.29 is 19.1 Å². The molecule has 2 aliphatic rings. The van der Waals surface area contributed by atoms with Crippen molar-refractivity contribution in [3.63, 3.8) is 0 Å². The third-order valence-corrected chi connectivity index (χ3v) is 5.68. The van der Waals surface area contributed by atoms with Gasteiger partial charge < -0.3 is 9.64 Å². The van der Waals surface area contributed by atoms with Crippen LogP contribution in [0.15, 0.2) is 24.3 Å². The molecule has 3 rings (SSSR count). The zero-order chi connectivity index (χ0) is 21.2. The van der Waals surface area contributed by atoms with Crippen LogP contribution < -0.4 is 0 Å². The van der Waals surface area contributed by atoms with E-state index in [1.165, 1.54) is 0 Å². The number of Topliss-reactive ketones (excluding diaryl/α,β-unsaturated/α-hetero) is 1. The molecule has 0 radical (unpaired) electrons. The normalized spacial score (nSPS) is 20.6. The van der Waals surface area contributed by atoms with Gasteiger partial charge in [0, 0.05) is 31.1 Å². The number of carbonyl (C=O) groups excluding carboxylic acids is 3. The summed E-state index contributed by atoms with van der Waals surface area (Å²) in [7, 11) is 0. The second-order valence-electron chi connectivity index (χ2n) is 9.16. The van der Waals surface area contributed by atoms with Gasteiger partial charge in [0.25, 0.3) is 0 Å². The first-order valence-electron chi connectivity index (χ1n) is 10.5. The predicted octanol–water partition coefficient (Wildman–Crippen LogP) is 3.82. The summed E-state index contributed by atoms with van der Waals surface area (Å²) in [4.78, 5) is 41.6. The van der Waals surface area contributed by atoms with Crippen LogP contribution in [0.1, 0.15) is 62.4 Å². The van der Waals surface area contributed by atoms with Crippen LogP contribution in [0, 0.1) is 12.8 Å². The maximum atomic E-state index is 13.1. The molecule has 1 unspecified atom stereocenters. The SMILES string of the molecule is Cc1ccc(C(=O)C2CCN(C(=O)C3CCCN3C(=O)OC(C)(C)C)CC2)cc1. The van der Waals surface area contributed by atoms with Gasteiger partial charge in [0.2, 0.25) is 5.91 Å². The molecule has 2 heterocycles. The molecule has 1 aromatic carbocycles. The van der Waals surface area contributed by atoms with Gasteiger partial charge in [-0.25, -0.2) is 4.79 Å². The smallest absolute Gasteiger partial charge is 0.410 e. The van der Waals surface area contributed by atoms with E-state index in [4.69, 9.17) is 4.74 Å². The van der Waals surface area contributed by atoms with Gasteiger partial charge in [0.1, 0.15) is 11.6 Å². The quantitative estimate of drug-likeness (QED) is 0.724. The molecule has 0 aliphatic carbocycles. The van der Waals surface area contributed by atoms with Gasteiger partial charge in [0.05, 0.1) is 0 Å². The molecule has 2 saturated heterocycles. The number of nitrogens with zero attached hydrogens (tertiary/aromatic N) is 2. The number of ether oxygens (including phenoxy) is 1. The molecule has 2 amide bonds. The molecule has 1 atom stereocenters. The van der Waals surface area contributed by atoms with E-state index in [9.17, 15) is 14.4 Å². The van der Waals surface area contributed by atoms with E-state index in [1.807, 2.05) is 56.9 Å². The van der Waals surface area contributed by atoms with Crippen LogP contribution in [0.5, 0.6) is 0 Å². The van der Waals surface area contributed by atoms with Crippen LogP contribution in [0.2, 0.25) is 0 Å². The Bertz CT molecular complexity index is 758. The largest absolute Gasteiger partial charge is 0.444 e. The van der Waals surface area contributed by atoms with Gasteiger partial charge in [-0.2, -0.15) is 0 Å². The minimum Gasteiger partial charge on any atom is -0.444 e. The Hall–Kier alpha value is -2.37. The van der Waals surface area contributed by atoms with Crippen LogP contribution in [0.3, 0.4) is 0 Å². The number of hydrogen-bond donors (Lipinski definition) is 0. The van der Waals surface area contributed by atoms with Gasteiger partial charge in [0.15, 0.2) is 5.78 Å². The lowest BCUT2D eigenvalue weighted by Gasteiger charge is -2.35. The summed E-state index contributed by atoms with van der Waals surface area (Å²) < 4.78 is 5.47. The Balaban J connectivity index is 1.57. The van der Waals surface area contributed by atoms with Crippen LogP contribution in [0.25, 0.3) is 0 Å².